The van der Waals surface area contributed by atoms with E-state index in [0.717, 1.165) is 9.14 Å². The Balaban J connectivity index is 3.23. The zero-order valence-electron chi connectivity index (χ0n) is 9.16. The van der Waals surface area contributed by atoms with Crippen LogP contribution < -0.4 is 9.31 Å². The van der Waals surface area contributed by atoms with E-state index in [2.05, 4.69) is 0 Å². The molecule has 15 heavy (non-hydrogen) atoms. The summed E-state index contributed by atoms with van der Waals surface area (Å²) in [5.41, 5.74) is 7.04. The summed E-state index contributed by atoms with van der Waals surface area (Å²) in [6.45, 7) is 1.97. The van der Waals surface area contributed by atoms with Gasteiger partial charge in [-0.1, -0.05) is 0 Å². The van der Waals surface area contributed by atoms with Crippen LogP contribution in [0.5, 0.6) is 0 Å². The summed E-state index contributed by atoms with van der Waals surface area (Å²) in [6.07, 6.45) is 2.00. The van der Waals surface area contributed by atoms with E-state index in [1.165, 1.54) is 0 Å². The third-order valence-corrected chi connectivity index (χ3v) is 20.1. The Bertz CT molecular complexity index is 331. The van der Waals surface area contributed by atoms with Gasteiger partial charge in [-0.25, -0.2) is 0 Å². The monoisotopic (exact) mass is 353 g/mol. The van der Waals surface area contributed by atoms with Gasteiger partial charge in [-0.05, 0) is 0 Å². The van der Waals surface area contributed by atoms with Gasteiger partial charge in [0, 0.05) is 0 Å². The number of benzene rings is 1. The van der Waals surface area contributed by atoms with E-state index >= 15 is 0 Å². The van der Waals surface area contributed by atoms with Crippen molar-refractivity contribution in [2.75, 3.05) is 13.4 Å². The van der Waals surface area contributed by atoms with Crippen molar-refractivity contribution in [3.63, 3.8) is 0 Å². The molecule has 0 fully saturated rings. The molecule has 0 bridgehead atoms. The molecule has 2 N–H and O–H groups in total. The van der Waals surface area contributed by atoms with Crippen molar-refractivity contribution in [1.82, 2.24) is 0 Å². The Hall–Kier alpha value is 0.579. The van der Waals surface area contributed by atoms with Gasteiger partial charge in [0.15, 0.2) is 0 Å². The zero-order valence-corrected chi connectivity index (χ0v) is 13.6. The molecule has 0 aliphatic heterocycles. The summed E-state index contributed by atoms with van der Waals surface area (Å²) in [5.74, 6) is 0. The third-order valence-electron chi connectivity index (χ3n) is 2.30. The standard InChI is InChI=1S/C8H10N.CH3O.CH4S.ClH.Sn/c1-7(9)8-5-3-2-4-6-8;2*1-2;;/h2-5,7H,9H2,1H3;1H3;2H,1H3;1H;/q;-1;;;+3/p-2. The molecule has 0 spiro atoms. The molecule has 2 unspecified atom stereocenters. The average molecular weight is 352 g/mol. The molecular formula is C10H16ClNOSSn. The predicted molar refractivity (Wildman–Crippen MR) is 70.8 cm³/mol. The van der Waals surface area contributed by atoms with E-state index in [1.54, 1.807) is 16.1 Å². The van der Waals surface area contributed by atoms with E-state index in [1.807, 2.05) is 37.4 Å². The van der Waals surface area contributed by atoms with E-state index in [9.17, 15) is 0 Å². The number of nitrogens with two attached hydrogens (primary N) is 1. The van der Waals surface area contributed by atoms with Crippen molar-refractivity contribution < 1.29 is 3.07 Å². The van der Waals surface area contributed by atoms with Crippen molar-refractivity contribution >= 4 is 37.7 Å². The van der Waals surface area contributed by atoms with E-state index in [0.29, 0.717) is 0 Å². The third kappa shape index (κ3) is 3.03. The molecule has 0 radical (unpaired) electrons. The van der Waals surface area contributed by atoms with Gasteiger partial charge >= 0.3 is 103 Å². The van der Waals surface area contributed by atoms with Crippen LogP contribution >= 0.6 is 17.9 Å². The quantitative estimate of drug-likeness (QED) is 0.843. The Labute approximate surface area is 102 Å². The Morgan fingerprint density at radius 3 is 2.53 bits per heavy atom. The molecule has 1 rings (SSSR count). The number of hydrogen-bond acceptors (Lipinski definition) is 3. The van der Waals surface area contributed by atoms with Crippen molar-refractivity contribution in [3.8, 4) is 0 Å². The minimum absolute atomic E-state index is 0.00155. The van der Waals surface area contributed by atoms with Gasteiger partial charge in [-0.3, -0.25) is 0 Å². The topological polar surface area (TPSA) is 35.2 Å². The van der Waals surface area contributed by atoms with Crippen LogP contribution in [-0.2, 0) is 3.07 Å². The first-order chi connectivity index (χ1) is 7.05. The first kappa shape index (κ1) is 13.6. The summed E-state index contributed by atoms with van der Waals surface area (Å²) in [7, 11) is 9.92. The Morgan fingerprint density at radius 1 is 1.47 bits per heavy atom. The second-order valence-electron chi connectivity index (χ2n) is 3.32. The molecular weight excluding hydrogens is 336 g/mol. The molecule has 0 aliphatic carbocycles. The molecule has 1 aromatic carbocycles. The SMILES string of the molecule is C[O][Sn]([Cl])([S]C)[c]1ccccc1C(C)N. The Kier molecular flexibility index (Phi) is 5.25. The molecule has 0 aliphatic rings. The van der Waals surface area contributed by atoms with Gasteiger partial charge in [0.1, 0.15) is 0 Å². The first-order valence-electron chi connectivity index (χ1n) is 4.69. The average Bonchev–Trinajstić information content (AvgIpc) is 2.28. The molecule has 2 atom stereocenters. The van der Waals surface area contributed by atoms with Crippen molar-refractivity contribution in [3.05, 3.63) is 29.8 Å². The number of hydrogen-bond donors (Lipinski definition) is 1. The van der Waals surface area contributed by atoms with Gasteiger partial charge in [-0.15, -0.1) is 0 Å². The van der Waals surface area contributed by atoms with Gasteiger partial charge < -0.3 is 0 Å². The van der Waals surface area contributed by atoms with Crippen LogP contribution in [0.4, 0.5) is 0 Å². The van der Waals surface area contributed by atoms with Gasteiger partial charge in [-0.2, -0.15) is 0 Å². The summed E-state index contributed by atoms with van der Waals surface area (Å²) in [5, 5.41) is 0. The fourth-order valence-corrected chi connectivity index (χ4v) is 10.9. The summed E-state index contributed by atoms with van der Waals surface area (Å²) in [6, 6.07) is 8.05. The fourth-order valence-electron chi connectivity index (χ4n) is 1.47. The number of halogens is 1. The maximum absolute atomic E-state index is 6.58. The van der Waals surface area contributed by atoms with Crippen molar-refractivity contribution in [1.29, 1.82) is 0 Å². The second kappa shape index (κ2) is 5.77. The van der Waals surface area contributed by atoms with Crippen molar-refractivity contribution in [2.24, 2.45) is 5.73 Å². The van der Waals surface area contributed by atoms with Gasteiger partial charge in [0.05, 0.1) is 0 Å². The predicted octanol–water partition coefficient (Wildman–Crippen LogP) is 2.10. The normalized spacial score (nSPS) is 17.1. The Morgan fingerprint density at radius 2 is 2.07 bits per heavy atom. The number of rotatable bonds is 4. The summed E-state index contributed by atoms with van der Waals surface area (Å²) < 4.78 is 6.68. The van der Waals surface area contributed by atoms with Crippen LogP contribution in [0.25, 0.3) is 0 Å². The van der Waals surface area contributed by atoms with Crippen molar-refractivity contribution in [2.45, 2.75) is 13.0 Å². The molecule has 5 heteroatoms. The minimum atomic E-state index is -3.15. The molecule has 84 valence electrons. The van der Waals surface area contributed by atoms with Crippen LogP contribution in [0.1, 0.15) is 18.5 Å². The van der Waals surface area contributed by atoms with E-state index in [4.69, 9.17) is 17.7 Å². The molecule has 0 aromatic heterocycles. The first-order valence-corrected chi connectivity index (χ1v) is 15.6. The van der Waals surface area contributed by atoms with E-state index < -0.39 is 16.3 Å². The van der Waals surface area contributed by atoms with E-state index in [-0.39, 0.29) is 6.04 Å². The fraction of sp³-hybridized carbons (Fsp3) is 0.400. The van der Waals surface area contributed by atoms with Crippen LogP contribution in [0.2, 0.25) is 0 Å². The van der Waals surface area contributed by atoms with Gasteiger partial charge in [0.2, 0.25) is 0 Å². The molecule has 0 amide bonds. The molecule has 0 heterocycles. The molecule has 2 nitrogen and oxygen atoms in total. The van der Waals surface area contributed by atoms with Crippen LogP contribution in [0, 0.1) is 0 Å². The van der Waals surface area contributed by atoms with Gasteiger partial charge in [0.25, 0.3) is 0 Å². The second-order valence-corrected chi connectivity index (χ2v) is 21.9. The summed E-state index contributed by atoms with van der Waals surface area (Å²) in [4.78, 5) is 0. The zero-order chi connectivity index (χ0) is 11.5. The molecule has 1 aromatic rings. The summed E-state index contributed by atoms with van der Waals surface area (Å²) >= 11 is -3.15. The van der Waals surface area contributed by atoms with Crippen LogP contribution in [0.3, 0.4) is 0 Å². The molecule has 0 saturated carbocycles. The van der Waals surface area contributed by atoms with Crippen LogP contribution in [0.15, 0.2) is 24.3 Å². The maximum atomic E-state index is 6.58. The molecule has 0 saturated heterocycles. The van der Waals surface area contributed by atoms with Crippen LogP contribution in [-0.4, -0.2) is 29.6 Å².